The number of hydrazine groups is 1. The largest absolute Gasteiger partial charge is 0.379 e. The third kappa shape index (κ3) is 2.48. The van der Waals surface area contributed by atoms with E-state index in [-0.39, 0.29) is 0 Å². The molecule has 2 fully saturated rings. The summed E-state index contributed by atoms with van der Waals surface area (Å²) in [7, 11) is 0. The van der Waals surface area contributed by atoms with Crippen LogP contribution in [0.2, 0.25) is 0 Å². The third-order valence-electron chi connectivity index (χ3n) is 2.96. The number of carbonyl (C=O) groups is 2. The Labute approximate surface area is 100 Å². The molecular weight excluding hydrogens is 222 g/mol. The number of rotatable bonds is 3. The SMILES string of the molecule is C=CCN1CCN(N2CCOCC2)C(=O)C1=O. The van der Waals surface area contributed by atoms with Gasteiger partial charge in [-0.1, -0.05) is 6.08 Å². The molecule has 0 N–H and O–H groups in total. The molecule has 6 heteroatoms. The number of piperazine rings is 1. The zero-order valence-electron chi connectivity index (χ0n) is 9.80. The Hall–Kier alpha value is -1.40. The molecule has 0 saturated carbocycles. The molecule has 0 aromatic carbocycles. The first-order valence-electron chi connectivity index (χ1n) is 5.78. The van der Waals surface area contributed by atoms with Crippen molar-refractivity contribution in [2.75, 3.05) is 45.9 Å². The van der Waals surface area contributed by atoms with Crippen LogP contribution in [0.1, 0.15) is 0 Å². The van der Waals surface area contributed by atoms with Gasteiger partial charge in [0, 0.05) is 26.2 Å². The maximum absolute atomic E-state index is 11.9. The van der Waals surface area contributed by atoms with Crippen molar-refractivity contribution >= 4 is 11.8 Å². The number of morpholine rings is 1. The van der Waals surface area contributed by atoms with Crippen LogP contribution in [0, 0.1) is 0 Å². The van der Waals surface area contributed by atoms with E-state index in [2.05, 4.69) is 6.58 Å². The molecule has 0 atom stereocenters. The minimum absolute atomic E-state index is 0.432. The fraction of sp³-hybridized carbons (Fsp3) is 0.636. The minimum atomic E-state index is -0.444. The number of carbonyl (C=O) groups excluding carboxylic acids is 2. The van der Waals surface area contributed by atoms with Crippen molar-refractivity contribution < 1.29 is 14.3 Å². The molecule has 2 rings (SSSR count). The minimum Gasteiger partial charge on any atom is -0.379 e. The third-order valence-corrected chi connectivity index (χ3v) is 2.96. The van der Waals surface area contributed by atoms with Gasteiger partial charge in [0.05, 0.1) is 19.8 Å². The van der Waals surface area contributed by atoms with E-state index < -0.39 is 11.8 Å². The monoisotopic (exact) mass is 239 g/mol. The fourth-order valence-electron chi connectivity index (χ4n) is 2.06. The lowest BCUT2D eigenvalue weighted by Crippen LogP contribution is -2.61. The summed E-state index contributed by atoms with van der Waals surface area (Å²) in [6.07, 6.45) is 1.63. The van der Waals surface area contributed by atoms with Crippen molar-refractivity contribution in [1.29, 1.82) is 0 Å². The Bertz CT molecular complexity index is 326. The summed E-state index contributed by atoms with van der Waals surface area (Å²) in [5, 5.41) is 3.44. The van der Waals surface area contributed by atoms with Crippen LogP contribution in [0.25, 0.3) is 0 Å². The molecule has 0 radical (unpaired) electrons. The first kappa shape index (κ1) is 12.1. The van der Waals surface area contributed by atoms with Crippen LogP contribution < -0.4 is 0 Å². The average molecular weight is 239 g/mol. The number of ether oxygens (including phenoxy) is 1. The Morgan fingerprint density at radius 2 is 1.82 bits per heavy atom. The second kappa shape index (κ2) is 5.29. The van der Waals surface area contributed by atoms with Gasteiger partial charge in [0.15, 0.2) is 0 Å². The smallest absolute Gasteiger partial charge is 0.326 e. The summed E-state index contributed by atoms with van der Waals surface area (Å²) in [6, 6.07) is 0. The van der Waals surface area contributed by atoms with Gasteiger partial charge in [-0.25, -0.2) is 5.01 Å². The van der Waals surface area contributed by atoms with Gasteiger partial charge in [0.2, 0.25) is 0 Å². The van der Waals surface area contributed by atoms with E-state index in [1.54, 1.807) is 11.1 Å². The van der Waals surface area contributed by atoms with Crippen molar-refractivity contribution in [1.82, 2.24) is 14.9 Å². The quantitative estimate of drug-likeness (QED) is 0.472. The molecule has 2 saturated heterocycles. The summed E-state index contributed by atoms with van der Waals surface area (Å²) in [5.74, 6) is -0.886. The molecular formula is C11H17N3O3. The van der Waals surface area contributed by atoms with Gasteiger partial charge in [-0.05, 0) is 0 Å². The van der Waals surface area contributed by atoms with Gasteiger partial charge in [-0.15, -0.1) is 6.58 Å². The zero-order valence-corrected chi connectivity index (χ0v) is 9.80. The Kier molecular flexibility index (Phi) is 3.75. The molecule has 0 bridgehead atoms. The van der Waals surface area contributed by atoms with Crippen LogP contribution >= 0.6 is 0 Å². The van der Waals surface area contributed by atoms with Crippen LogP contribution in [0.5, 0.6) is 0 Å². The van der Waals surface area contributed by atoms with Crippen LogP contribution in [0.3, 0.4) is 0 Å². The van der Waals surface area contributed by atoms with Crippen LogP contribution in [0.4, 0.5) is 0 Å². The lowest BCUT2D eigenvalue weighted by molar-refractivity contribution is -0.174. The van der Waals surface area contributed by atoms with Gasteiger partial charge in [0.25, 0.3) is 0 Å². The van der Waals surface area contributed by atoms with Gasteiger partial charge in [-0.3, -0.25) is 14.6 Å². The molecule has 0 unspecified atom stereocenters. The van der Waals surface area contributed by atoms with Gasteiger partial charge in [0.1, 0.15) is 0 Å². The van der Waals surface area contributed by atoms with Gasteiger partial charge in [-0.2, -0.15) is 0 Å². The molecule has 2 aliphatic heterocycles. The van der Waals surface area contributed by atoms with Crippen molar-refractivity contribution in [3.05, 3.63) is 12.7 Å². The second-order valence-electron chi connectivity index (χ2n) is 4.03. The molecule has 0 aliphatic carbocycles. The molecule has 94 valence electrons. The van der Waals surface area contributed by atoms with E-state index in [9.17, 15) is 9.59 Å². The second-order valence-corrected chi connectivity index (χ2v) is 4.03. The number of amides is 2. The number of hydrogen-bond acceptors (Lipinski definition) is 4. The highest BCUT2D eigenvalue weighted by Gasteiger charge is 2.35. The summed E-state index contributed by atoms with van der Waals surface area (Å²) < 4.78 is 5.22. The molecule has 6 nitrogen and oxygen atoms in total. The highest BCUT2D eigenvalue weighted by Crippen LogP contribution is 2.10. The van der Waals surface area contributed by atoms with E-state index in [1.165, 1.54) is 4.90 Å². The van der Waals surface area contributed by atoms with E-state index >= 15 is 0 Å². The molecule has 0 spiro atoms. The predicted molar refractivity (Wildman–Crippen MR) is 60.9 cm³/mol. The van der Waals surface area contributed by atoms with Crippen LogP contribution in [0.15, 0.2) is 12.7 Å². The van der Waals surface area contributed by atoms with Crippen molar-refractivity contribution in [3.8, 4) is 0 Å². The van der Waals surface area contributed by atoms with E-state index in [1.807, 2.05) is 5.01 Å². The summed E-state index contributed by atoms with van der Waals surface area (Å²) in [6.45, 7) is 7.67. The van der Waals surface area contributed by atoms with Gasteiger partial charge < -0.3 is 9.64 Å². The van der Waals surface area contributed by atoms with Crippen molar-refractivity contribution in [3.63, 3.8) is 0 Å². The lowest BCUT2D eigenvalue weighted by atomic mass is 10.3. The molecule has 2 amide bonds. The molecule has 2 aliphatic rings. The highest BCUT2D eigenvalue weighted by molar-refractivity contribution is 6.35. The highest BCUT2D eigenvalue weighted by atomic mass is 16.5. The summed E-state index contributed by atoms with van der Waals surface area (Å²) in [4.78, 5) is 25.2. The molecule has 2 heterocycles. The first-order valence-corrected chi connectivity index (χ1v) is 5.78. The first-order chi connectivity index (χ1) is 8.24. The Morgan fingerprint density at radius 1 is 1.12 bits per heavy atom. The van der Waals surface area contributed by atoms with Crippen LogP contribution in [-0.2, 0) is 14.3 Å². The maximum atomic E-state index is 11.9. The Balaban J connectivity index is 2.00. The van der Waals surface area contributed by atoms with Gasteiger partial charge >= 0.3 is 11.8 Å². The normalized spacial score (nSPS) is 23.1. The summed E-state index contributed by atoms with van der Waals surface area (Å²) in [5.41, 5.74) is 0. The number of hydrogen-bond donors (Lipinski definition) is 0. The predicted octanol–water partition coefficient (Wildman–Crippen LogP) is -0.910. The standard InChI is InChI=1S/C11H17N3O3/c1-2-3-12-4-5-14(11(16)10(12)15)13-6-8-17-9-7-13/h2H,1,3-9H2. The topological polar surface area (TPSA) is 53.1 Å². The van der Waals surface area contributed by atoms with Crippen molar-refractivity contribution in [2.24, 2.45) is 0 Å². The number of nitrogens with zero attached hydrogens (tertiary/aromatic N) is 3. The average Bonchev–Trinajstić information content (AvgIpc) is 2.36. The zero-order chi connectivity index (χ0) is 12.3. The Morgan fingerprint density at radius 3 is 2.47 bits per heavy atom. The molecule has 17 heavy (non-hydrogen) atoms. The fourth-order valence-corrected chi connectivity index (χ4v) is 2.06. The molecule has 0 aromatic heterocycles. The van der Waals surface area contributed by atoms with E-state index in [0.29, 0.717) is 45.9 Å². The van der Waals surface area contributed by atoms with E-state index in [0.717, 1.165) is 0 Å². The molecule has 0 aromatic rings. The van der Waals surface area contributed by atoms with Crippen LogP contribution in [-0.4, -0.2) is 72.7 Å². The summed E-state index contributed by atoms with van der Waals surface area (Å²) >= 11 is 0. The maximum Gasteiger partial charge on any atom is 0.326 e. The lowest BCUT2D eigenvalue weighted by Gasteiger charge is -2.41. The van der Waals surface area contributed by atoms with E-state index in [4.69, 9.17) is 4.74 Å². The van der Waals surface area contributed by atoms with Crippen molar-refractivity contribution in [2.45, 2.75) is 0 Å².